The Bertz CT molecular complexity index is 849. The lowest BCUT2D eigenvalue weighted by atomic mass is 10.1. The SMILES string of the molecule is O=C1C[C@@H](N2CCN(c3ccc(F)cc3)CC2)C(=O)N1c1ccc(Br)cc1. The van der Waals surface area contributed by atoms with Crippen LogP contribution in [0.5, 0.6) is 0 Å². The van der Waals surface area contributed by atoms with Gasteiger partial charge in [-0.15, -0.1) is 0 Å². The molecular weight excluding hydrogens is 413 g/mol. The molecule has 2 aromatic rings. The lowest BCUT2D eigenvalue weighted by molar-refractivity contribution is -0.123. The predicted molar refractivity (Wildman–Crippen MR) is 105 cm³/mol. The first-order valence-electron chi connectivity index (χ1n) is 8.90. The van der Waals surface area contributed by atoms with Gasteiger partial charge in [-0.05, 0) is 48.5 Å². The van der Waals surface area contributed by atoms with E-state index in [0.717, 1.165) is 23.2 Å². The van der Waals surface area contributed by atoms with Crippen molar-refractivity contribution < 1.29 is 14.0 Å². The third-order valence-corrected chi connectivity index (χ3v) is 5.68. The van der Waals surface area contributed by atoms with Crippen LogP contribution in [0.4, 0.5) is 15.8 Å². The van der Waals surface area contributed by atoms with Crippen molar-refractivity contribution in [2.45, 2.75) is 12.5 Å². The van der Waals surface area contributed by atoms with Gasteiger partial charge in [-0.3, -0.25) is 14.5 Å². The van der Waals surface area contributed by atoms with Gasteiger partial charge < -0.3 is 4.90 Å². The highest BCUT2D eigenvalue weighted by Crippen LogP contribution is 2.28. The molecule has 0 bridgehead atoms. The summed E-state index contributed by atoms with van der Waals surface area (Å²) in [6, 6.07) is 13.2. The highest BCUT2D eigenvalue weighted by Gasteiger charge is 2.43. The van der Waals surface area contributed by atoms with E-state index >= 15 is 0 Å². The zero-order valence-electron chi connectivity index (χ0n) is 14.6. The summed E-state index contributed by atoms with van der Waals surface area (Å²) < 4.78 is 14.0. The van der Waals surface area contributed by atoms with Gasteiger partial charge in [0.2, 0.25) is 5.91 Å². The first-order valence-corrected chi connectivity index (χ1v) is 9.69. The largest absolute Gasteiger partial charge is 0.369 e. The second-order valence-corrected chi connectivity index (χ2v) is 7.68. The molecule has 2 amide bonds. The molecule has 1 atom stereocenters. The second kappa shape index (κ2) is 7.40. The minimum absolute atomic E-state index is 0.155. The fraction of sp³-hybridized carbons (Fsp3) is 0.300. The third-order valence-electron chi connectivity index (χ3n) is 5.15. The minimum Gasteiger partial charge on any atom is -0.369 e. The number of hydrogen-bond acceptors (Lipinski definition) is 4. The van der Waals surface area contributed by atoms with Gasteiger partial charge in [0.1, 0.15) is 5.82 Å². The maximum absolute atomic E-state index is 13.1. The van der Waals surface area contributed by atoms with E-state index < -0.39 is 6.04 Å². The summed E-state index contributed by atoms with van der Waals surface area (Å²) in [6.45, 7) is 2.86. The van der Waals surface area contributed by atoms with Crippen molar-refractivity contribution in [1.82, 2.24) is 4.90 Å². The molecule has 2 aliphatic rings. The Morgan fingerprint density at radius 1 is 0.852 bits per heavy atom. The van der Waals surface area contributed by atoms with E-state index in [-0.39, 0.29) is 24.1 Å². The Hall–Kier alpha value is -2.25. The smallest absolute Gasteiger partial charge is 0.251 e. The normalized spacial score (nSPS) is 21.2. The van der Waals surface area contributed by atoms with E-state index in [1.54, 1.807) is 24.3 Å². The number of carbonyl (C=O) groups is 2. The molecule has 140 valence electrons. The summed E-state index contributed by atoms with van der Waals surface area (Å²) in [4.78, 5) is 30.9. The van der Waals surface area contributed by atoms with Gasteiger partial charge in [-0.25, -0.2) is 9.29 Å². The molecule has 27 heavy (non-hydrogen) atoms. The van der Waals surface area contributed by atoms with Crippen LogP contribution >= 0.6 is 15.9 Å². The summed E-state index contributed by atoms with van der Waals surface area (Å²) in [6.07, 6.45) is 0.214. The maximum atomic E-state index is 13.1. The predicted octanol–water partition coefficient (Wildman–Crippen LogP) is 3.04. The Labute approximate surface area is 165 Å². The third kappa shape index (κ3) is 3.61. The molecule has 2 fully saturated rings. The van der Waals surface area contributed by atoms with Gasteiger partial charge in [0.15, 0.2) is 0 Å². The van der Waals surface area contributed by atoms with Crippen molar-refractivity contribution in [3.05, 3.63) is 58.8 Å². The van der Waals surface area contributed by atoms with Crippen molar-refractivity contribution >= 4 is 39.1 Å². The highest BCUT2D eigenvalue weighted by atomic mass is 79.9. The lowest BCUT2D eigenvalue weighted by Crippen LogP contribution is -2.52. The van der Waals surface area contributed by atoms with Crippen LogP contribution in [0, 0.1) is 5.82 Å². The molecule has 2 aromatic carbocycles. The molecule has 0 aliphatic carbocycles. The van der Waals surface area contributed by atoms with Crippen molar-refractivity contribution in [1.29, 1.82) is 0 Å². The number of halogens is 2. The van der Waals surface area contributed by atoms with Crippen LogP contribution in [-0.4, -0.2) is 48.9 Å². The topological polar surface area (TPSA) is 43.9 Å². The highest BCUT2D eigenvalue weighted by molar-refractivity contribution is 9.10. The van der Waals surface area contributed by atoms with E-state index in [2.05, 4.69) is 25.7 Å². The van der Waals surface area contributed by atoms with Gasteiger partial charge in [0.05, 0.1) is 18.2 Å². The zero-order valence-corrected chi connectivity index (χ0v) is 16.2. The van der Waals surface area contributed by atoms with E-state index in [1.165, 1.54) is 17.0 Å². The molecule has 0 aromatic heterocycles. The Kier molecular flexibility index (Phi) is 4.97. The van der Waals surface area contributed by atoms with Crippen LogP contribution in [0.25, 0.3) is 0 Å². The number of anilines is 2. The quantitative estimate of drug-likeness (QED) is 0.700. The molecule has 0 saturated carbocycles. The van der Waals surface area contributed by atoms with Crippen LogP contribution in [0.2, 0.25) is 0 Å². The number of imide groups is 1. The number of amides is 2. The molecule has 2 heterocycles. The summed E-state index contributed by atoms with van der Waals surface area (Å²) in [5, 5.41) is 0. The summed E-state index contributed by atoms with van der Waals surface area (Å²) in [7, 11) is 0. The van der Waals surface area contributed by atoms with Crippen LogP contribution in [-0.2, 0) is 9.59 Å². The zero-order chi connectivity index (χ0) is 19.0. The summed E-state index contributed by atoms with van der Waals surface area (Å²) in [5.41, 5.74) is 1.59. The monoisotopic (exact) mass is 431 g/mol. The van der Waals surface area contributed by atoms with Crippen LogP contribution in [0.15, 0.2) is 53.0 Å². The summed E-state index contributed by atoms with van der Waals surface area (Å²) >= 11 is 3.37. The number of rotatable bonds is 3. The number of nitrogens with zero attached hydrogens (tertiary/aromatic N) is 3. The molecule has 5 nitrogen and oxygen atoms in total. The molecule has 4 rings (SSSR count). The molecule has 0 N–H and O–H groups in total. The lowest BCUT2D eigenvalue weighted by Gasteiger charge is -2.38. The standard InChI is InChI=1S/C20H19BrFN3O2/c21-14-1-5-17(6-2-14)25-19(26)13-18(20(25)27)24-11-9-23(10-12-24)16-7-3-15(22)4-8-16/h1-8,18H,9-13H2/t18-/m1/s1. The van der Waals surface area contributed by atoms with Crippen LogP contribution in [0.1, 0.15) is 6.42 Å². The average Bonchev–Trinajstić information content (AvgIpc) is 2.98. The fourth-order valence-electron chi connectivity index (χ4n) is 3.71. The molecule has 7 heteroatoms. The molecule has 0 unspecified atom stereocenters. The van der Waals surface area contributed by atoms with E-state index in [0.29, 0.717) is 18.8 Å². The first-order chi connectivity index (χ1) is 13.0. The average molecular weight is 432 g/mol. The second-order valence-electron chi connectivity index (χ2n) is 6.76. The van der Waals surface area contributed by atoms with E-state index in [1.807, 2.05) is 12.1 Å². The number of piperazine rings is 1. The van der Waals surface area contributed by atoms with Gasteiger partial charge >= 0.3 is 0 Å². The molecular formula is C20H19BrFN3O2. The molecule has 2 saturated heterocycles. The Morgan fingerprint density at radius 2 is 1.44 bits per heavy atom. The minimum atomic E-state index is -0.406. The van der Waals surface area contributed by atoms with Crippen molar-refractivity contribution in [3.63, 3.8) is 0 Å². The molecule has 2 aliphatic heterocycles. The van der Waals surface area contributed by atoms with Gasteiger partial charge in [-0.1, -0.05) is 15.9 Å². The van der Waals surface area contributed by atoms with Crippen molar-refractivity contribution in [2.75, 3.05) is 36.0 Å². The van der Waals surface area contributed by atoms with Gasteiger partial charge in [0, 0.05) is 36.3 Å². The Morgan fingerprint density at radius 3 is 2.07 bits per heavy atom. The molecule has 0 radical (unpaired) electrons. The van der Waals surface area contributed by atoms with Gasteiger partial charge in [-0.2, -0.15) is 0 Å². The summed E-state index contributed by atoms with van der Waals surface area (Å²) in [5.74, 6) is -0.564. The number of hydrogen-bond donors (Lipinski definition) is 0. The Balaban J connectivity index is 1.43. The first kappa shape index (κ1) is 18.1. The van der Waals surface area contributed by atoms with Gasteiger partial charge in [0.25, 0.3) is 5.91 Å². The van der Waals surface area contributed by atoms with Crippen LogP contribution < -0.4 is 9.80 Å². The van der Waals surface area contributed by atoms with E-state index in [9.17, 15) is 14.0 Å². The van der Waals surface area contributed by atoms with Crippen molar-refractivity contribution in [3.8, 4) is 0 Å². The maximum Gasteiger partial charge on any atom is 0.251 e. The number of benzene rings is 2. The van der Waals surface area contributed by atoms with Crippen molar-refractivity contribution in [2.24, 2.45) is 0 Å². The molecule has 0 spiro atoms. The fourth-order valence-corrected chi connectivity index (χ4v) is 3.97. The number of carbonyl (C=O) groups excluding carboxylic acids is 2. The van der Waals surface area contributed by atoms with E-state index in [4.69, 9.17) is 0 Å². The van der Waals surface area contributed by atoms with Crippen LogP contribution in [0.3, 0.4) is 0 Å².